The van der Waals surface area contributed by atoms with E-state index in [1.165, 1.54) is 18.2 Å². The van der Waals surface area contributed by atoms with Gasteiger partial charge in [0, 0.05) is 17.0 Å². The largest absolute Gasteiger partial charge is 0.383 e. The lowest BCUT2D eigenvalue weighted by molar-refractivity contribution is 0.584. The normalized spacial score (nSPS) is 10.9. The third-order valence-corrected chi connectivity index (χ3v) is 2.81. The fraction of sp³-hybridized carbons (Fsp3) is 0. The number of halogens is 3. The van der Waals surface area contributed by atoms with Gasteiger partial charge in [-0.05, 0) is 30.3 Å². The van der Waals surface area contributed by atoms with Crippen LogP contribution in [0, 0.1) is 17.5 Å². The highest BCUT2D eigenvalue weighted by molar-refractivity contribution is 5.89. The molecule has 20 heavy (non-hydrogen) atoms. The molecule has 0 bridgehead atoms. The molecule has 0 saturated carbocycles. The summed E-state index contributed by atoms with van der Waals surface area (Å²) >= 11 is 0. The van der Waals surface area contributed by atoms with E-state index in [1.54, 1.807) is 0 Å². The molecule has 0 atom stereocenters. The van der Waals surface area contributed by atoms with Crippen LogP contribution in [0.1, 0.15) is 0 Å². The van der Waals surface area contributed by atoms with Gasteiger partial charge in [-0.25, -0.2) is 23.1 Å². The molecule has 100 valence electrons. The highest BCUT2D eigenvalue weighted by atomic mass is 19.1. The minimum absolute atomic E-state index is 0.0502. The van der Waals surface area contributed by atoms with Gasteiger partial charge < -0.3 is 5.73 Å². The topological polar surface area (TPSA) is 51.8 Å². The van der Waals surface area contributed by atoms with Gasteiger partial charge in [-0.2, -0.15) is 0 Å². The molecule has 0 fully saturated rings. The number of nitrogens with zero attached hydrogens (tertiary/aromatic N) is 2. The first-order valence-electron chi connectivity index (χ1n) is 5.72. The number of aromatic nitrogens is 2. The maximum Gasteiger partial charge on any atom is 0.162 e. The first kappa shape index (κ1) is 12.4. The fourth-order valence-corrected chi connectivity index (χ4v) is 1.94. The maximum absolute atomic E-state index is 13.2. The van der Waals surface area contributed by atoms with Crippen molar-refractivity contribution in [1.29, 1.82) is 0 Å². The van der Waals surface area contributed by atoms with Crippen LogP contribution < -0.4 is 5.73 Å². The highest BCUT2D eigenvalue weighted by Crippen LogP contribution is 2.24. The summed E-state index contributed by atoms with van der Waals surface area (Å²) in [7, 11) is 0. The zero-order valence-corrected chi connectivity index (χ0v) is 10.1. The number of anilines is 1. The lowest BCUT2D eigenvalue weighted by atomic mass is 10.1. The molecule has 3 nitrogen and oxygen atoms in total. The number of hydrogen-bond acceptors (Lipinski definition) is 3. The molecule has 0 radical (unpaired) electrons. The Morgan fingerprint density at radius 1 is 0.800 bits per heavy atom. The van der Waals surface area contributed by atoms with Crippen LogP contribution in [0.2, 0.25) is 0 Å². The van der Waals surface area contributed by atoms with Crippen LogP contribution in [0.15, 0.2) is 36.4 Å². The van der Waals surface area contributed by atoms with E-state index in [2.05, 4.69) is 9.97 Å². The van der Waals surface area contributed by atoms with Crippen LogP contribution in [-0.4, -0.2) is 9.97 Å². The quantitative estimate of drug-likeness (QED) is 0.741. The summed E-state index contributed by atoms with van der Waals surface area (Å²) < 4.78 is 39.5. The average Bonchev–Trinajstić information content (AvgIpc) is 2.38. The number of fused-ring (bicyclic) bond motifs is 1. The van der Waals surface area contributed by atoms with Crippen molar-refractivity contribution in [3.8, 4) is 11.4 Å². The van der Waals surface area contributed by atoms with E-state index >= 15 is 0 Å². The monoisotopic (exact) mass is 275 g/mol. The Hall–Kier alpha value is -2.63. The standard InChI is InChI=1S/C14H8F3N3/c15-8-1-2-12-11(6-8)13(18)20-14(19-12)7-3-9(16)5-10(17)4-7/h1-6H,(H2,18,19,20). The summed E-state index contributed by atoms with van der Waals surface area (Å²) in [6.07, 6.45) is 0. The number of hydrogen-bond donors (Lipinski definition) is 1. The summed E-state index contributed by atoms with van der Waals surface area (Å²) in [5.74, 6) is -1.80. The van der Waals surface area contributed by atoms with E-state index in [-0.39, 0.29) is 17.2 Å². The van der Waals surface area contributed by atoms with E-state index in [1.807, 2.05) is 0 Å². The van der Waals surface area contributed by atoms with E-state index < -0.39 is 17.5 Å². The smallest absolute Gasteiger partial charge is 0.162 e. The minimum Gasteiger partial charge on any atom is -0.383 e. The average molecular weight is 275 g/mol. The van der Waals surface area contributed by atoms with Gasteiger partial charge in [-0.1, -0.05) is 0 Å². The van der Waals surface area contributed by atoms with Gasteiger partial charge in [-0.15, -0.1) is 0 Å². The van der Waals surface area contributed by atoms with Gasteiger partial charge in [0.2, 0.25) is 0 Å². The van der Waals surface area contributed by atoms with E-state index in [4.69, 9.17) is 5.73 Å². The Morgan fingerprint density at radius 3 is 2.20 bits per heavy atom. The molecule has 3 aromatic rings. The lowest BCUT2D eigenvalue weighted by Gasteiger charge is -2.06. The third kappa shape index (κ3) is 2.16. The number of benzene rings is 2. The second-order valence-electron chi connectivity index (χ2n) is 4.25. The molecule has 3 rings (SSSR count). The van der Waals surface area contributed by atoms with Gasteiger partial charge in [0.25, 0.3) is 0 Å². The Bertz CT molecular complexity index is 798. The van der Waals surface area contributed by atoms with Crippen LogP contribution in [0.5, 0.6) is 0 Å². The highest BCUT2D eigenvalue weighted by Gasteiger charge is 2.10. The van der Waals surface area contributed by atoms with Crippen LogP contribution >= 0.6 is 0 Å². The fourth-order valence-electron chi connectivity index (χ4n) is 1.94. The Morgan fingerprint density at radius 2 is 1.50 bits per heavy atom. The molecule has 0 unspecified atom stereocenters. The summed E-state index contributed by atoms with van der Waals surface area (Å²) in [5.41, 5.74) is 6.30. The molecule has 1 heterocycles. The van der Waals surface area contributed by atoms with Crippen molar-refractivity contribution < 1.29 is 13.2 Å². The van der Waals surface area contributed by atoms with Crippen molar-refractivity contribution in [2.24, 2.45) is 0 Å². The Kier molecular flexibility index (Phi) is 2.78. The van der Waals surface area contributed by atoms with Gasteiger partial charge in [0.15, 0.2) is 5.82 Å². The van der Waals surface area contributed by atoms with E-state index in [0.29, 0.717) is 10.9 Å². The van der Waals surface area contributed by atoms with Crippen molar-refractivity contribution >= 4 is 16.7 Å². The van der Waals surface area contributed by atoms with Crippen LogP contribution in [-0.2, 0) is 0 Å². The second-order valence-corrected chi connectivity index (χ2v) is 4.25. The molecule has 2 N–H and O–H groups in total. The molecule has 0 aliphatic heterocycles. The summed E-state index contributed by atoms with van der Waals surface area (Å²) in [4.78, 5) is 8.10. The zero-order chi connectivity index (χ0) is 14.3. The molecular weight excluding hydrogens is 267 g/mol. The van der Waals surface area contributed by atoms with Crippen LogP contribution in [0.3, 0.4) is 0 Å². The van der Waals surface area contributed by atoms with Crippen LogP contribution in [0.4, 0.5) is 19.0 Å². The Balaban J connectivity index is 2.24. The van der Waals surface area contributed by atoms with Crippen molar-refractivity contribution in [2.45, 2.75) is 0 Å². The third-order valence-electron chi connectivity index (χ3n) is 2.81. The molecule has 6 heteroatoms. The number of nitrogens with two attached hydrogens (primary N) is 1. The van der Waals surface area contributed by atoms with Crippen LogP contribution in [0.25, 0.3) is 22.3 Å². The molecule has 0 spiro atoms. The van der Waals surface area contributed by atoms with Crippen molar-refractivity contribution in [1.82, 2.24) is 9.97 Å². The predicted octanol–water partition coefficient (Wildman–Crippen LogP) is 3.30. The maximum atomic E-state index is 13.2. The zero-order valence-electron chi connectivity index (χ0n) is 10.1. The first-order valence-corrected chi connectivity index (χ1v) is 5.72. The van der Waals surface area contributed by atoms with Gasteiger partial charge in [-0.3, -0.25) is 0 Å². The van der Waals surface area contributed by atoms with Crippen molar-refractivity contribution in [2.75, 3.05) is 5.73 Å². The number of nitrogen functional groups attached to an aromatic ring is 1. The van der Waals surface area contributed by atoms with Gasteiger partial charge in [0.1, 0.15) is 23.3 Å². The Labute approximate surface area is 111 Å². The van der Waals surface area contributed by atoms with E-state index in [9.17, 15) is 13.2 Å². The SMILES string of the molecule is Nc1nc(-c2cc(F)cc(F)c2)nc2ccc(F)cc12. The predicted molar refractivity (Wildman–Crippen MR) is 69.3 cm³/mol. The number of rotatable bonds is 1. The first-order chi connectivity index (χ1) is 9.52. The van der Waals surface area contributed by atoms with E-state index in [0.717, 1.165) is 18.2 Å². The molecular formula is C14H8F3N3. The molecule has 0 saturated heterocycles. The molecule has 1 aromatic heterocycles. The van der Waals surface area contributed by atoms with Crippen molar-refractivity contribution in [3.63, 3.8) is 0 Å². The van der Waals surface area contributed by atoms with Gasteiger partial charge in [0.05, 0.1) is 5.52 Å². The summed E-state index contributed by atoms with van der Waals surface area (Å²) in [5, 5.41) is 0.352. The summed E-state index contributed by atoms with van der Waals surface area (Å²) in [6, 6.07) is 6.83. The lowest BCUT2D eigenvalue weighted by Crippen LogP contribution is -1.99. The molecule has 0 aliphatic carbocycles. The second kappa shape index (κ2) is 4.48. The molecule has 0 aliphatic rings. The minimum atomic E-state index is -0.735. The van der Waals surface area contributed by atoms with Gasteiger partial charge >= 0.3 is 0 Å². The molecule has 2 aromatic carbocycles. The van der Waals surface area contributed by atoms with Crippen molar-refractivity contribution in [3.05, 3.63) is 53.8 Å². The molecule has 0 amide bonds. The summed E-state index contributed by atoms with van der Waals surface area (Å²) in [6.45, 7) is 0.